The number of nitrogens with one attached hydrogen (secondary N) is 2. The highest BCUT2D eigenvalue weighted by Crippen LogP contribution is 2.26. The number of nitrogens with zero attached hydrogens (tertiary/aromatic N) is 3. The molecule has 2 aromatic carbocycles. The van der Waals surface area contributed by atoms with Crippen LogP contribution < -0.4 is 15.4 Å². The summed E-state index contributed by atoms with van der Waals surface area (Å²) in [4.78, 5) is 8.38. The monoisotopic (exact) mass is 365 g/mol. The predicted molar refractivity (Wildman–Crippen MR) is 104 cm³/mol. The average molecular weight is 365 g/mol. The zero-order chi connectivity index (χ0) is 19.1. The summed E-state index contributed by atoms with van der Waals surface area (Å²) in [7, 11) is 1.71. The fraction of sp³-hybridized carbons (Fsp3) is 0.250. The van der Waals surface area contributed by atoms with E-state index >= 15 is 0 Å². The van der Waals surface area contributed by atoms with Crippen molar-refractivity contribution in [3.8, 4) is 11.5 Å². The van der Waals surface area contributed by atoms with Crippen LogP contribution in [-0.4, -0.2) is 23.1 Å². The van der Waals surface area contributed by atoms with E-state index in [0.29, 0.717) is 30.8 Å². The summed E-state index contributed by atoms with van der Waals surface area (Å²) in [5, 5.41) is 10.2. The number of aliphatic imine (C=N–C) groups is 1. The summed E-state index contributed by atoms with van der Waals surface area (Å²) in [6, 6.07) is 15.9. The summed E-state index contributed by atoms with van der Waals surface area (Å²) in [5.41, 5.74) is 2.17. The van der Waals surface area contributed by atoms with Crippen LogP contribution in [0, 0.1) is 13.8 Å². The van der Waals surface area contributed by atoms with E-state index in [9.17, 15) is 0 Å². The normalized spacial score (nSPS) is 11.3. The Labute approximate surface area is 158 Å². The van der Waals surface area contributed by atoms with Crippen molar-refractivity contribution < 1.29 is 9.26 Å². The quantitative estimate of drug-likeness (QED) is 0.515. The zero-order valence-corrected chi connectivity index (χ0v) is 15.7. The van der Waals surface area contributed by atoms with Gasteiger partial charge in [-0.1, -0.05) is 35.5 Å². The molecule has 27 heavy (non-hydrogen) atoms. The summed E-state index contributed by atoms with van der Waals surface area (Å²) in [6.07, 6.45) is 0. The van der Waals surface area contributed by atoms with E-state index in [-0.39, 0.29) is 0 Å². The summed E-state index contributed by atoms with van der Waals surface area (Å²) >= 11 is 0. The minimum atomic E-state index is 0.405. The predicted octanol–water partition coefficient (Wildman–Crippen LogP) is 3.34. The molecule has 7 nitrogen and oxygen atoms in total. The molecule has 2 N–H and O–H groups in total. The molecule has 0 spiro atoms. The smallest absolute Gasteiger partial charge is 0.246 e. The van der Waals surface area contributed by atoms with Crippen molar-refractivity contribution >= 4 is 5.96 Å². The van der Waals surface area contributed by atoms with Gasteiger partial charge in [0.25, 0.3) is 0 Å². The molecule has 0 bridgehead atoms. The minimum Gasteiger partial charge on any atom is -0.457 e. The first-order chi connectivity index (χ1) is 13.1. The molecular formula is C20H23N5O2. The molecule has 0 aliphatic carbocycles. The number of hydrogen-bond donors (Lipinski definition) is 2. The lowest BCUT2D eigenvalue weighted by Gasteiger charge is -2.15. The van der Waals surface area contributed by atoms with Gasteiger partial charge in [-0.25, -0.2) is 0 Å². The van der Waals surface area contributed by atoms with Crippen molar-refractivity contribution in [1.29, 1.82) is 0 Å². The number of para-hydroxylation sites is 1. The Kier molecular flexibility index (Phi) is 6.04. The third-order valence-corrected chi connectivity index (χ3v) is 3.84. The number of guanidine groups is 1. The number of rotatable bonds is 6. The van der Waals surface area contributed by atoms with Gasteiger partial charge in [-0.05, 0) is 37.6 Å². The Morgan fingerprint density at radius 3 is 2.56 bits per heavy atom. The summed E-state index contributed by atoms with van der Waals surface area (Å²) in [5.74, 6) is 3.38. The van der Waals surface area contributed by atoms with Crippen molar-refractivity contribution in [2.75, 3.05) is 7.05 Å². The van der Waals surface area contributed by atoms with Crippen molar-refractivity contribution in [1.82, 2.24) is 20.8 Å². The molecule has 1 heterocycles. The zero-order valence-electron chi connectivity index (χ0n) is 15.7. The number of aryl methyl sites for hydroxylation is 2. The maximum Gasteiger partial charge on any atom is 0.246 e. The van der Waals surface area contributed by atoms with Crippen LogP contribution in [0.25, 0.3) is 0 Å². The van der Waals surface area contributed by atoms with Gasteiger partial charge in [-0.3, -0.25) is 4.99 Å². The van der Waals surface area contributed by atoms with Gasteiger partial charge in [0.2, 0.25) is 5.89 Å². The Hall–Kier alpha value is -3.35. The maximum absolute atomic E-state index is 6.05. The molecule has 0 saturated carbocycles. The van der Waals surface area contributed by atoms with Gasteiger partial charge < -0.3 is 19.9 Å². The molecule has 7 heteroatoms. The second kappa shape index (κ2) is 8.84. The molecule has 3 aromatic rings. The first kappa shape index (κ1) is 18.4. The Morgan fingerprint density at radius 1 is 1.07 bits per heavy atom. The number of aromatic nitrogens is 2. The van der Waals surface area contributed by atoms with Crippen molar-refractivity contribution in [3.05, 3.63) is 71.4 Å². The lowest BCUT2D eigenvalue weighted by molar-refractivity contribution is 0.371. The van der Waals surface area contributed by atoms with E-state index < -0.39 is 0 Å². The molecule has 3 rings (SSSR count). The van der Waals surface area contributed by atoms with Gasteiger partial charge in [0.1, 0.15) is 11.5 Å². The average Bonchev–Trinajstić information content (AvgIpc) is 3.09. The molecule has 0 aliphatic rings. The highest BCUT2D eigenvalue weighted by atomic mass is 16.5. The van der Waals surface area contributed by atoms with Gasteiger partial charge in [0, 0.05) is 19.2 Å². The summed E-state index contributed by atoms with van der Waals surface area (Å²) in [6.45, 7) is 4.79. The van der Waals surface area contributed by atoms with Crippen LogP contribution in [0.3, 0.4) is 0 Å². The van der Waals surface area contributed by atoms with Crippen LogP contribution >= 0.6 is 0 Å². The third kappa shape index (κ3) is 5.31. The first-order valence-electron chi connectivity index (χ1n) is 8.70. The highest BCUT2D eigenvalue weighted by Gasteiger charge is 2.08. The topological polar surface area (TPSA) is 84.6 Å². The number of hydrogen-bond acceptors (Lipinski definition) is 5. The highest BCUT2D eigenvalue weighted by molar-refractivity contribution is 5.79. The molecule has 0 aliphatic heterocycles. The summed E-state index contributed by atoms with van der Waals surface area (Å²) < 4.78 is 11.1. The van der Waals surface area contributed by atoms with E-state index in [2.05, 4.69) is 37.9 Å². The molecule has 0 saturated heterocycles. The molecule has 140 valence electrons. The molecular weight excluding hydrogens is 342 g/mol. The molecule has 0 radical (unpaired) electrons. The fourth-order valence-corrected chi connectivity index (χ4v) is 2.49. The van der Waals surface area contributed by atoms with E-state index in [1.165, 1.54) is 0 Å². The van der Waals surface area contributed by atoms with Crippen molar-refractivity contribution in [2.45, 2.75) is 26.9 Å². The molecule has 0 unspecified atom stereocenters. The minimum absolute atomic E-state index is 0.405. The fourth-order valence-electron chi connectivity index (χ4n) is 2.49. The van der Waals surface area contributed by atoms with Gasteiger partial charge >= 0.3 is 0 Å². The number of benzene rings is 2. The molecule has 1 aromatic heterocycles. The van der Waals surface area contributed by atoms with Gasteiger partial charge in [0.15, 0.2) is 11.8 Å². The van der Waals surface area contributed by atoms with Crippen LogP contribution in [0.1, 0.15) is 22.8 Å². The Balaban J connectivity index is 1.63. The standard InChI is InChI=1S/C20H23N5O2/c1-14-9-10-16(18(11-14)26-17-7-5-4-6-8-17)12-22-20(21-3)23-13-19-24-15(2)25-27-19/h4-11H,12-13H2,1-3H3,(H2,21,22,23). The number of ether oxygens (including phenoxy) is 1. The first-order valence-corrected chi connectivity index (χ1v) is 8.70. The maximum atomic E-state index is 6.05. The van der Waals surface area contributed by atoms with E-state index in [0.717, 1.165) is 22.6 Å². The van der Waals surface area contributed by atoms with Crippen LogP contribution in [0.2, 0.25) is 0 Å². The van der Waals surface area contributed by atoms with Crippen molar-refractivity contribution in [3.63, 3.8) is 0 Å². The van der Waals surface area contributed by atoms with Gasteiger partial charge in [-0.2, -0.15) is 4.98 Å². The van der Waals surface area contributed by atoms with E-state index in [1.54, 1.807) is 14.0 Å². The largest absolute Gasteiger partial charge is 0.457 e. The van der Waals surface area contributed by atoms with Gasteiger partial charge in [-0.15, -0.1) is 0 Å². The Bertz CT molecular complexity index is 906. The van der Waals surface area contributed by atoms with Crippen LogP contribution in [0.5, 0.6) is 11.5 Å². The Morgan fingerprint density at radius 2 is 1.85 bits per heavy atom. The van der Waals surface area contributed by atoms with E-state index in [1.807, 2.05) is 43.3 Å². The van der Waals surface area contributed by atoms with Crippen LogP contribution in [0.15, 0.2) is 58.0 Å². The lowest BCUT2D eigenvalue weighted by atomic mass is 10.1. The molecule has 0 fully saturated rings. The SMILES string of the molecule is CN=C(NCc1nc(C)no1)NCc1ccc(C)cc1Oc1ccccc1. The molecule has 0 atom stereocenters. The lowest BCUT2D eigenvalue weighted by Crippen LogP contribution is -2.36. The van der Waals surface area contributed by atoms with Gasteiger partial charge in [0.05, 0.1) is 6.54 Å². The molecule has 0 amide bonds. The van der Waals surface area contributed by atoms with Crippen LogP contribution in [0.4, 0.5) is 0 Å². The third-order valence-electron chi connectivity index (χ3n) is 3.84. The van der Waals surface area contributed by atoms with Crippen molar-refractivity contribution in [2.24, 2.45) is 4.99 Å². The van der Waals surface area contributed by atoms with E-state index in [4.69, 9.17) is 9.26 Å². The second-order valence-corrected chi connectivity index (χ2v) is 6.04. The second-order valence-electron chi connectivity index (χ2n) is 6.04. The van der Waals surface area contributed by atoms with Crippen LogP contribution in [-0.2, 0) is 13.1 Å².